The Balaban J connectivity index is 0.000000257. The fourth-order valence-corrected chi connectivity index (χ4v) is 7.24. The first-order valence-corrected chi connectivity index (χ1v) is 17.6. The van der Waals surface area contributed by atoms with E-state index < -0.39 is 37.2 Å². The van der Waals surface area contributed by atoms with E-state index in [1.165, 1.54) is 24.3 Å². The number of fused-ring (bicyclic) bond motifs is 2. The second-order valence-electron chi connectivity index (χ2n) is 13.4. The van der Waals surface area contributed by atoms with Crippen LogP contribution in [-0.4, -0.2) is 56.3 Å². The molecular weight excluding hydrogens is 615 g/mol. The molecule has 45 heavy (non-hydrogen) atoms. The first kappa shape index (κ1) is 36.4. The van der Waals surface area contributed by atoms with Crippen LogP contribution in [0.5, 0.6) is 5.75 Å². The van der Waals surface area contributed by atoms with Crippen LogP contribution in [0, 0.1) is 0 Å². The lowest BCUT2D eigenvalue weighted by molar-refractivity contribution is 0.105. The summed E-state index contributed by atoms with van der Waals surface area (Å²) in [5, 5.41) is 15.4. The molecule has 0 aliphatic carbocycles. The molecule has 1 atom stereocenters. The predicted octanol–water partition coefficient (Wildman–Crippen LogP) is 6.51. The third-order valence-corrected chi connectivity index (χ3v) is 9.09. The lowest BCUT2D eigenvalue weighted by atomic mass is 9.83. The highest BCUT2D eigenvalue weighted by Gasteiger charge is 2.32. The van der Waals surface area contributed by atoms with Crippen LogP contribution in [0.2, 0.25) is 0 Å². The van der Waals surface area contributed by atoms with E-state index in [4.69, 9.17) is 4.74 Å². The van der Waals surface area contributed by atoms with E-state index in [0.29, 0.717) is 30.3 Å². The van der Waals surface area contributed by atoms with Crippen molar-refractivity contribution in [1.29, 1.82) is 0 Å². The van der Waals surface area contributed by atoms with Gasteiger partial charge in [0.1, 0.15) is 28.3 Å². The molecule has 0 aliphatic heterocycles. The number of aliphatic hydroxyl groups excluding tert-OH is 1. The van der Waals surface area contributed by atoms with E-state index in [1.807, 2.05) is 30.3 Å². The van der Waals surface area contributed by atoms with Gasteiger partial charge in [0.05, 0.1) is 0 Å². The van der Waals surface area contributed by atoms with Gasteiger partial charge in [0.15, 0.2) is 0 Å². The quantitative estimate of drug-likeness (QED) is 0.155. The zero-order valence-electron chi connectivity index (χ0n) is 27.1. The van der Waals surface area contributed by atoms with Crippen molar-refractivity contribution in [3.05, 3.63) is 77.9 Å². The molecule has 1 unspecified atom stereocenters. The smallest absolute Gasteiger partial charge is 0.295 e. The van der Waals surface area contributed by atoms with Gasteiger partial charge >= 0.3 is 0 Å². The number of rotatable bonds is 8. The molecule has 0 saturated heterocycles. The van der Waals surface area contributed by atoms with E-state index in [9.17, 15) is 31.0 Å². The van der Waals surface area contributed by atoms with Crippen molar-refractivity contribution in [2.75, 3.05) is 13.2 Å². The maximum atomic E-state index is 12.1. The maximum Gasteiger partial charge on any atom is 0.295 e. The van der Waals surface area contributed by atoms with E-state index in [-0.39, 0.29) is 20.6 Å². The average Bonchev–Trinajstić information content (AvgIpc) is 2.91. The number of ether oxygens (including phenoxy) is 1. The van der Waals surface area contributed by atoms with Crippen LogP contribution in [0.1, 0.15) is 66.5 Å². The van der Waals surface area contributed by atoms with E-state index >= 15 is 0 Å². The third kappa shape index (κ3) is 9.25. The third-order valence-electron chi connectivity index (χ3n) is 7.18. The van der Waals surface area contributed by atoms with Crippen molar-refractivity contribution in [3.8, 4) is 5.75 Å². The van der Waals surface area contributed by atoms with Crippen LogP contribution in [0.4, 0.5) is 0 Å². The molecular formula is C34H45NO8S2. The summed E-state index contributed by atoms with van der Waals surface area (Å²) >= 11 is 0. The summed E-state index contributed by atoms with van der Waals surface area (Å²) in [5.41, 5.74) is -0.504. The van der Waals surface area contributed by atoms with Crippen LogP contribution < -0.4 is 10.1 Å². The summed E-state index contributed by atoms with van der Waals surface area (Å²) in [4.78, 5) is -0.680. The first-order valence-electron chi connectivity index (χ1n) is 14.7. The lowest BCUT2D eigenvalue weighted by Gasteiger charge is -2.26. The Bertz CT molecular complexity index is 1780. The molecule has 0 amide bonds. The second-order valence-corrected chi connectivity index (χ2v) is 16.2. The number of hydrogen-bond donors (Lipinski definition) is 4. The monoisotopic (exact) mass is 659 g/mol. The average molecular weight is 660 g/mol. The van der Waals surface area contributed by atoms with Crippen LogP contribution in [0.15, 0.2) is 76.5 Å². The molecule has 0 aliphatic rings. The van der Waals surface area contributed by atoms with Gasteiger partial charge in [0, 0.05) is 28.7 Å². The van der Waals surface area contributed by atoms with Gasteiger partial charge in [-0.2, -0.15) is 16.8 Å². The molecule has 0 heterocycles. The number of nitrogens with one attached hydrogen (secondary N) is 1. The number of aliphatic hydroxyl groups is 1. The van der Waals surface area contributed by atoms with Gasteiger partial charge in [-0.3, -0.25) is 9.11 Å². The fraction of sp³-hybridized carbons (Fsp3) is 0.412. The maximum absolute atomic E-state index is 12.1. The van der Waals surface area contributed by atoms with Crippen LogP contribution in [-0.2, 0) is 31.1 Å². The molecule has 0 spiro atoms. The van der Waals surface area contributed by atoms with Crippen molar-refractivity contribution in [1.82, 2.24) is 5.32 Å². The molecule has 4 rings (SSSR count). The molecule has 9 nitrogen and oxygen atoms in total. The Morgan fingerprint density at radius 2 is 1.16 bits per heavy atom. The minimum Gasteiger partial charge on any atom is -0.490 e. The van der Waals surface area contributed by atoms with Gasteiger partial charge in [-0.05, 0) is 33.4 Å². The van der Waals surface area contributed by atoms with E-state index in [0.717, 1.165) is 16.5 Å². The van der Waals surface area contributed by atoms with Crippen LogP contribution in [0.3, 0.4) is 0 Å². The molecule has 4 aromatic rings. The zero-order chi connectivity index (χ0) is 34.0. The summed E-state index contributed by atoms with van der Waals surface area (Å²) in [5.74, 6) is 0.821. The molecule has 0 fully saturated rings. The van der Waals surface area contributed by atoms with E-state index in [2.05, 4.69) is 31.3 Å². The number of hydrogen-bond acceptors (Lipinski definition) is 7. The summed E-state index contributed by atoms with van der Waals surface area (Å²) in [6, 6.07) is 20.3. The molecule has 4 aromatic carbocycles. The minimum atomic E-state index is -4.63. The summed E-state index contributed by atoms with van der Waals surface area (Å²) in [7, 11) is -9.26. The summed E-state index contributed by atoms with van der Waals surface area (Å²) < 4.78 is 73.8. The molecule has 11 heteroatoms. The molecule has 0 saturated carbocycles. The van der Waals surface area contributed by atoms with Crippen molar-refractivity contribution >= 4 is 41.8 Å². The Kier molecular flexibility index (Phi) is 11.1. The first-order chi connectivity index (χ1) is 20.6. The highest BCUT2D eigenvalue weighted by molar-refractivity contribution is 7.86. The highest BCUT2D eigenvalue weighted by atomic mass is 32.2. The Morgan fingerprint density at radius 1 is 0.689 bits per heavy atom. The normalized spacial score (nSPS) is 13.5. The Labute approximate surface area is 267 Å². The SMILES string of the molecule is CC(C)(C)c1ccc2c(S(=O)(=O)O)c(C(C)(C)C)ccc2c1S(=O)(=O)O.CC(C)NCC(O)COc1cccc2ccccc12. The number of benzene rings is 4. The zero-order valence-corrected chi connectivity index (χ0v) is 28.8. The molecule has 4 N–H and O–H groups in total. The highest BCUT2D eigenvalue weighted by Crippen LogP contribution is 2.40. The van der Waals surface area contributed by atoms with Crippen LogP contribution in [0.25, 0.3) is 21.5 Å². The van der Waals surface area contributed by atoms with Crippen LogP contribution >= 0.6 is 0 Å². The second kappa shape index (κ2) is 13.7. The van der Waals surface area contributed by atoms with Crippen molar-refractivity contribution in [2.24, 2.45) is 0 Å². The largest absolute Gasteiger partial charge is 0.490 e. The Morgan fingerprint density at radius 3 is 1.60 bits per heavy atom. The predicted molar refractivity (Wildman–Crippen MR) is 180 cm³/mol. The molecule has 246 valence electrons. The van der Waals surface area contributed by atoms with Gasteiger partial charge in [0.2, 0.25) is 0 Å². The fourth-order valence-electron chi connectivity index (χ4n) is 5.03. The molecule has 0 aromatic heterocycles. The summed E-state index contributed by atoms with van der Waals surface area (Å²) in [6.45, 7) is 15.7. The minimum absolute atomic E-state index is 0.0561. The standard InChI is InChI=1S/C18H24O6S2.C16H21NO2/c1-17(2,3)13-9-7-12-11(15(13)25(19,20)21)8-10-14(18(4,5)6)16(12)26(22,23)24;1-12(2)17-10-14(18)11-19-16-9-5-7-13-6-3-4-8-15(13)16/h7-10H,1-6H3,(H,19,20,21)(H,22,23,24);3-9,12,14,17-18H,10-11H2,1-2H3. The Hall–Kier alpha value is -3.06. The molecule has 0 radical (unpaired) electrons. The van der Waals surface area contributed by atoms with E-state index in [1.54, 1.807) is 41.5 Å². The van der Waals surface area contributed by atoms with Crippen molar-refractivity contribution in [3.63, 3.8) is 0 Å². The topological polar surface area (TPSA) is 150 Å². The molecule has 0 bridgehead atoms. The van der Waals surface area contributed by atoms with Gasteiger partial charge < -0.3 is 15.2 Å². The summed E-state index contributed by atoms with van der Waals surface area (Å²) in [6.07, 6.45) is -0.499. The van der Waals surface area contributed by atoms with Gasteiger partial charge in [0.25, 0.3) is 20.2 Å². The van der Waals surface area contributed by atoms with Crippen molar-refractivity contribution < 1.29 is 35.8 Å². The van der Waals surface area contributed by atoms with Gasteiger partial charge in [-0.25, -0.2) is 0 Å². The lowest BCUT2D eigenvalue weighted by Crippen LogP contribution is -2.35. The van der Waals surface area contributed by atoms with Gasteiger partial charge in [-0.1, -0.05) is 116 Å². The van der Waals surface area contributed by atoms with Crippen molar-refractivity contribution in [2.45, 2.75) is 88.2 Å². The van der Waals surface area contributed by atoms with Gasteiger partial charge in [-0.15, -0.1) is 0 Å².